The zero-order chi connectivity index (χ0) is 10.6. The van der Waals surface area contributed by atoms with E-state index in [4.69, 9.17) is 14.6 Å². The highest BCUT2D eigenvalue weighted by Gasteiger charge is 2.15. The first-order valence-electron chi connectivity index (χ1n) is 4.56. The Morgan fingerprint density at radius 1 is 1.21 bits per heavy atom. The van der Waals surface area contributed by atoms with Gasteiger partial charge in [-0.15, -0.1) is 0 Å². The Kier molecular flexibility index (Phi) is 3.77. The average molecular weight is 196 g/mol. The summed E-state index contributed by atoms with van der Waals surface area (Å²) in [5.41, 5.74) is 0.917. The highest BCUT2D eigenvalue weighted by atomic mass is 16.5. The van der Waals surface area contributed by atoms with Gasteiger partial charge in [0, 0.05) is 18.1 Å². The van der Waals surface area contributed by atoms with Gasteiger partial charge in [0.15, 0.2) is 0 Å². The molecule has 1 aromatic carbocycles. The first kappa shape index (κ1) is 10.9. The molecule has 0 saturated heterocycles. The lowest BCUT2D eigenvalue weighted by Gasteiger charge is -2.16. The molecule has 3 nitrogen and oxygen atoms in total. The van der Waals surface area contributed by atoms with Crippen LogP contribution < -0.4 is 9.47 Å². The van der Waals surface area contributed by atoms with Crippen molar-refractivity contribution in [2.75, 3.05) is 20.8 Å². The summed E-state index contributed by atoms with van der Waals surface area (Å²) < 4.78 is 10.4. The number of hydrogen-bond acceptors (Lipinski definition) is 3. The van der Waals surface area contributed by atoms with Crippen LogP contribution in [0.1, 0.15) is 18.4 Å². The second-order valence-corrected chi connectivity index (χ2v) is 3.16. The largest absolute Gasteiger partial charge is 0.496 e. The minimum atomic E-state index is 0.0149. The van der Waals surface area contributed by atoms with Gasteiger partial charge >= 0.3 is 0 Å². The van der Waals surface area contributed by atoms with Crippen LogP contribution in [0.15, 0.2) is 18.2 Å². The molecule has 0 unspecified atom stereocenters. The first-order valence-corrected chi connectivity index (χ1v) is 4.56. The summed E-state index contributed by atoms with van der Waals surface area (Å²) in [7, 11) is 3.23. The van der Waals surface area contributed by atoms with Gasteiger partial charge in [-0.25, -0.2) is 0 Å². The molecule has 0 radical (unpaired) electrons. The minimum Gasteiger partial charge on any atom is -0.496 e. The molecule has 3 heteroatoms. The van der Waals surface area contributed by atoms with E-state index in [0.717, 1.165) is 17.1 Å². The van der Waals surface area contributed by atoms with Gasteiger partial charge in [-0.3, -0.25) is 0 Å². The molecule has 78 valence electrons. The molecular formula is C11H16O3. The van der Waals surface area contributed by atoms with Gasteiger partial charge < -0.3 is 14.6 Å². The van der Waals surface area contributed by atoms with Crippen LogP contribution in [0, 0.1) is 0 Å². The molecular weight excluding hydrogens is 180 g/mol. The molecule has 14 heavy (non-hydrogen) atoms. The SMILES string of the molecule is COc1cccc(OC)c1[C@H](C)CO. The van der Waals surface area contributed by atoms with Crippen LogP contribution in [-0.4, -0.2) is 25.9 Å². The second kappa shape index (κ2) is 4.86. The number of aliphatic hydroxyl groups excluding tert-OH is 1. The van der Waals surface area contributed by atoms with Crippen LogP contribution in [0.3, 0.4) is 0 Å². The monoisotopic (exact) mass is 196 g/mol. The number of ether oxygens (including phenoxy) is 2. The minimum absolute atomic E-state index is 0.0149. The topological polar surface area (TPSA) is 38.7 Å². The molecule has 0 fully saturated rings. The van der Waals surface area contributed by atoms with E-state index < -0.39 is 0 Å². The van der Waals surface area contributed by atoms with Crippen molar-refractivity contribution in [3.63, 3.8) is 0 Å². The fourth-order valence-corrected chi connectivity index (χ4v) is 1.46. The predicted octanol–water partition coefficient (Wildman–Crippen LogP) is 1.80. The summed E-state index contributed by atoms with van der Waals surface area (Å²) in [6, 6.07) is 5.60. The van der Waals surface area contributed by atoms with E-state index in [9.17, 15) is 0 Å². The predicted molar refractivity (Wildman–Crippen MR) is 55.0 cm³/mol. The molecule has 1 rings (SSSR count). The molecule has 0 amide bonds. The summed E-state index contributed by atoms with van der Waals surface area (Å²) in [6.45, 7) is 2.01. The highest BCUT2D eigenvalue weighted by Crippen LogP contribution is 2.34. The number of rotatable bonds is 4. The average Bonchev–Trinajstić information content (AvgIpc) is 2.26. The zero-order valence-corrected chi connectivity index (χ0v) is 8.78. The highest BCUT2D eigenvalue weighted by molar-refractivity contribution is 5.46. The van der Waals surface area contributed by atoms with Gasteiger partial charge in [0.05, 0.1) is 14.2 Å². The van der Waals surface area contributed by atoms with E-state index in [1.807, 2.05) is 25.1 Å². The number of hydrogen-bond donors (Lipinski definition) is 1. The van der Waals surface area contributed by atoms with Gasteiger partial charge in [0.2, 0.25) is 0 Å². The summed E-state index contributed by atoms with van der Waals surface area (Å²) >= 11 is 0. The molecule has 0 spiro atoms. The first-order chi connectivity index (χ1) is 6.74. The summed E-state index contributed by atoms with van der Waals surface area (Å²) in [5, 5.41) is 9.12. The smallest absolute Gasteiger partial charge is 0.126 e. The van der Waals surface area contributed by atoms with Crippen molar-refractivity contribution in [3.05, 3.63) is 23.8 Å². The van der Waals surface area contributed by atoms with Crippen molar-refractivity contribution in [2.45, 2.75) is 12.8 Å². The normalized spacial score (nSPS) is 12.3. The van der Waals surface area contributed by atoms with Gasteiger partial charge in [0.25, 0.3) is 0 Å². The standard InChI is InChI=1S/C11H16O3/c1-8(7-12)11-9(13-2)5-4-6-10(11)14-3/h4-6,8,12H,7H2,1-3H3/t8-/m1/s1. The third-order valence-corrected chi connectivity index (χ3v) is 2.23. The maximum Gasteiger partial charge on any atom is 0.126 e. The maximum absolute atomic E-state index is 9.12. The molecule has 0 aliphatic carbocycles. The zero-order valence-electron chi connectivity index (χ0n) is 8.78. The van der Waals surface area contributed by atoms with E-state index in [-0.39, 0.29) is 12.5 Å². The molecule has 1 atom stereocenters. The number of benzene rings is 1. The van der Waals surface area contributed by atoms with Gasteiger partial charge in [-0.1, -0.05) is 13.0 Å². The fourth-order valence-electron chi connectivity index (χ4n) is 1.46. The van der Waals surface area contributed by atoms with Crippen molar-refractivity contribution in [3.8, 4) is 11.5 Å². The van der Waals surface area contributed by atoms with Crippen molar-refractivity contribution in [2.24, 2.45) is 0 Å². The third-order valence-electron chi connectivity index (χ3n) is 2.23. The lowest BCUT2D eigenvalue weighted by Crippen LogP contribution is -2.04. The van der Waals surface area contributed by atoms with Crippen LogP contribution in [0.4, 0.5) is 0 Å². The number of methoxy groups -OCH3 is 2. The van der Waals surface area contributed by atoms with Crippen LogP contribution in [0.2, 0.25) is 0 Å². The number of aliphatic hydroxyl groups is 1. The second-order valence-electron chi connectivity index (χ2n) is 3.16. The molecule has 0 aliphatic heterocycles. The maximum atomic E-state index is 9.12. The Labute approximate surface area is 84.3 Å². The third kappa shape index (κ3) is 1.99. The van der Waals surface area contributed by atoms with Gasteiger partial charge in [-0.05, 0) is 12.1 Å². The summed E-state index contributed by atoms with van der Waals surface area (Å²) in [5.74, 6) is 1.53. The molecule has 1 aromatic rings. The molecule has 0 heterocycles. The van der Waals surface area contributed by atoms with Crippen molar-refractivity contribution < 1.29 is 14.6 Å². The Hall–Kier alpha value is -1.22. The van der Waals surface area contributed by atoms with E-state index in [1.165, 1.54) is 0 Å². The van der Waals surface area contributed by atoms with E-state index in [0.29, 0.717) is 0 Å². The quantitative estimate of drug-likeness (QED) is 0.798. The van der Waals surface area contributed by atoms with E-state index in [1.54, 1.807) is 14.2 Å². The Morgan fingerprint density at radius 3 is 2.07 bits per heavy atom. The molecule has 1 N–H and O–H groups in total. The van der Waals surface area contributed by atoms with Crippen LogP contribution in [0.25, 0.3) is 0 Å². The van der Waals surface area contributed by atoms with Crippen molar-refractivity contribution in [1.82, 2.24) is 0 Å². The lowest BCUT2D eigenvalue weighted by molar-refractivity contribution is 0.265. The summed E-state index contributed by atoms with van der Waals surface area (Å²) in [6.07, 6.45) is 0. The Balaban J connectivity index is 3.18. The summed E-state index contributed by atoms with van der Waals surface area (Å²) in [4.78, 5) is 0. The molecule has 0 aliphatic rings. The van der Waals surface area contributed by atoms with E-state index >= 15 is 0 Å². The van der Waals surface area contributed by atoms with Crippen molar-refractivity contribution >= 4 is 0 Å². The Bertz CT molecular complexity index is 274. The van der Waals surface area contributed by atoms with Gasteiger partial charge in [-0.2, -0.15) is 0 Å². The lowest BCUT2D eigenvalue weighted by atomic mass is 10.00. The van der Waals surface area contributed by atoms with Crippen LogP contribution in [0.5, 0.6) is 11.5 Å². The molecule has 0 saturated carbocycles. The Morgan fingerprint density at radius 2 is 1.71 bits per heavy atom. The van der Waals surface area contributed by atoms with Crippen molar-refractivity contribution in [1.29, 1.82) is 0 Å². The van der Waals surface area contributed by atoms with Crippen LogP contribution >= 0.6 is 0 Å². The van der Waals surface area contributed by atoms with Crippen LogP contribution in [-0.2, 0) is 0 Å². The fraction of sp³-hybridized carbons (Fsp3) is 0.455. The molecule has 0 aromatic heterocycles. The van der Waals surface area contributed by atoms with E-state index in [2.05, 4.69) is 0 Å². The van der Waals surface area contributed by atoms with Gasteiger partial charge in [0.1, 0.15) is 11.5 Å². The molecule has 0 bridgehead atoms.